The number of hydrogen-bond donors (Lipinski definition) is 1. The zero-order chi connectivity index (χ0) is 22.1. The Kier molecular flexibility index (Phi) is 7.70. The summed E-state index contributed by atoms with van der Waals surface area (Å²) in [7, 11) is 1.80. The van der Waals surface area contributed by atoms with Crippen molar-refractivity contribution in [3.63, 3.8) is 0 Å². The maximum Gasteiger partial charge on any atom is 0.258 e. The third kappa shape index (κ3) is 6.64. The van der Waals surface area contributed by atoms with Gasteiger partial charge in [0.1, 0.15) is 18.1 Å². The second kappa shape index (κ2) is 10.9. The smallest absolute Gasteiger partial charge is 0.258 e. The molecule has 0 aliphatic rings. The molecule has 7 heteroatoms. The minimum Gasteiger partial charge on any atom is -0.494 e. The summed E-state index contributed by atoms with van der Waals surface area (Å²) in [6, 6.07) is 18.2. The number of aromatic nitrogens is 1. The quantitative estimate of drug-likeness (QED) is 0.543. The first-order valence-corrected chi connectivity index (χ1v) is 10.0. The van der Waals surface area contributed by atoms with E-state index >= 15 is 0 Å². The number of nitrogens with one attached hydrogen (secondary N) is 1. The van der Waals surface area contributed by atoms with Crippen molar-refractivity contribution < 1.29 is 19.0 Å². The van der Waals surface area contributed by atoms with Crippen LogP contribution in [0.25, 0.3) is 0 Å². The molecule has 3 aromatic rings. The van der Waals surface area contributed by atoms with Gasteiger partial charge < -0.3 is 24.1 Å². The first-order chi connectivity index (χ1) is 15.0. The lowest BCUT2D eigenvalue weighted by molar-refractivity contribution is -0.123. The maximum atomic E-state index is 12.4. The molecule has 0 unspecified atom stereocenters. The van der Waals surface area contributed by atoms with Crippen LogP contribution in [0.5, 0.6) is 17.2 Å². The summed E-state index contributed by atoms with van der Waals surface area (Å²) in [4.78, 5) is 24.5. The zero-order valence-corrected chi connectivity index (χ0v) is 17.7. The Balaban J connectivity index is 1.49. The minimum absolute atomic E-state index is 0.125. The molecule has 0 radical (unpaired) electrons. The highest BCUT2D eigenvalue weighted by atomic mass is 16.5. The van der Waals surface area contributed by atoms with E-state index in [9.17, 15) is 9.59 Å². The van der Waals surface area contributed by atoms with Crippen molar-refractivity contribution in [1.29, 1.82) is 0 Å². The van der Waals surface area contributed by atoms with Gasteiger partial charge in [0, 0.05) is 18.8 Å². The first kappa shape index (κ1) is 22.0. The third-order valence-electron chi connectivity index (χ3n) is 4.51. The number of aryl methyl sites for hydroxylation is 1. The molecule has 0 fully saturated rings. The number of benzene rings is 2. The summed E-state index contributed by atoms with van der Waals surface area (Å²) in [5.74, 6) is 1.30. The van der Waals surface area contributed by atoms with Crippen molar-refractivity contribution in [2.24, 2.45) is 7.05 Å². The van der Waals surface area contributed by atoms with Crippen molar-refractivity contribution in [2.75, 3.05) is 13.2 Å². The molecule has 1 heterocycles. The van der Waals surface area contributed by atoms with E-state index in [4.69, 9.17) is 14.2 Å². The Morgan fingerprint density at radius 1 is 0.968 bits per heavy atom. The molecule has 1 aromatic heterocycles. The second-order valence-corrected chi connectivity index (χ2v) is 6.85. The lowest BCUT2D eigenvalue weighted by Gasteiger charge is -2.13. The fraction of sp³-hybridized carbons (Fsp3) is 0.250. The van der Waals surface area contributed by atoms with Crippen LogP contribution in [0.15, 0.2) is 71.7 Å². The number of carbonyl (C=O) groups is 1. The molecule has 0 bridgehead atoms. The van der Waals surface area contributed by atoms with E-state index in [-0.39, 0.29) is 30.2 Å². The first-order valence-electron chi connectivity index (χ1n) is 10.0. The van der Waals surface area contributed by atoms with E-state index in [1.165, 1.54) is 6.07 Å². The summed E-state index contributed by atoms with van der Waals surface area (Å²) in [6.07, 6.45) is 1.63. The van der Waals surface area contributed by atoms with Crippen LogP contribution in [0.2, 0.25) is 0 Å². The molecule has 0 saturated heterocycles. The predicted octanol–water partition coefficient (Wildman–Crippen LogP) is 3.06. The summed E-state index contributed by atoms with van der Waals surface area (Å²) in [6.45, 7) is 2.90. The van der Waals surface area contributed by atoms with Gasteiger partial charge in [-0.1, -0.05) is 30.3 Å². The average Bonchev–Trinajstić information content (AvgIpc) is 2.79. The predicted molar refractivity (Wildman–Crippen MR) is 117 cm³/mol. The average molecular weight is 422 g/mol. The monoisotopic (exact) mass is 422 g/mol. The number of nitrogens with zero attached hydrogens (tertiary/aromatic N) is 1. The highest BCUT2D eigenvalue weighted by molar-refractivity contribution is 5.77. The largest absolute Gasteiger partial charge is 0.494 e. The van der Waals surface area contributed by atoms with Gasteiger partial charge in [0.25, 0.3) is 5.91 Å². The van der Waals surface area contributed by atoms with Crippen LogP contribution in [-0.4, -0.2) is 23.7 Å². The molecule has 0 atom stereocenters. The maximum absolute atomic E-state index is 12.4. The van der Waals surface area contributed by atoms with Crippen LogP contribution >= 0.6 is 0 Å². The van der Waals surface area contributed by atoms with Gasteiger partial charge in [-0.2, -0.15) is 0 Å². The molecule has 0 aliphatic carbocycles. The van der Waals surface area contributed by atoms with Gasteiger partial charge in [0.2, 0.25) is 5.43 Å². The molecule has 3 rings (SSSR count). The molecular formula is C24H26N2O5. The van der Waals surface area contributed by atoms with Gasteiger partial charge in [-0.05, 0) is 36.8 Å². The molecule has 1 amide bonds. The molecule has 162 valence electrons. The fourth-order valence-electron chi connectivity index (χ4n) is 2.85. The zero-order valence-electron chi connectivity index (χ0n) is 17.7. The van der Waals surface area contributed by atoms with Crippen molar-refractivity contribution in [2.45, 2.75) is 20.1 Å². The summed E-state index contributed by atoms with van der Waals surface area (Å²) in [5.41, 5.74) is 1.41. The van der Waals surface area contributed by atoms with E-state index in [0.29, 0.717) is 24.7 Å². The standard InChI is InChI=1S/C24H26N2O5/c1-3-29-20-9-11-21(12-10-20)30-17-24(28)25-14-19-13-22(27)23(15-26(19)2)31-16-18-7-5-4-6-8-18/h4-13,15H,3,14,16-17H2,1-2H3,(H,25,28). The molecule has 1 N–H and O–H groups in total. The van der Waals surface area contributed by atoms with Crippen LogP contribution in [0, 0.1) is 0 Å². The van der Waals surface area contributed by atoms with Gasteiger partial charge in [0.05, 0.1) is 19.3 Å². The highest BCUT2D eigenvalue weighted by Gasteiger charge is 2.09. The van der Waals surface area contributed by atoms with Gasteiger partial charge >= 0.3 is 0 Å². The van der Waals surface area contributed by atoms with Crippen molar-refractivity contribution in [3.8, 4) is 17.2 Å². The number of amides is 1. The van der Waals surface area contributed by atoms with Crippen LogP contribution < -0.4 is 25.0 Å². The minimum atomic E-state index is -0.286. The SMILES string of the molecule is CCOc1ccc(OCC(=O)NCc2cc(=O)c(OCc3ccccc3)cn2C)cc1. The van der Waals surface area contributed by atoms with E-state index < -0.39 is 0 Å². The topological polar surface area (TPSA) is 78.8 Å². The van der Waals surface area contributed by atoms with Crippen LogP contribution in [0.4, 0.5) is 0 Å². The van der Waals surface area contributed by atoms with E-state index in [0.717, 1.165) is 11.3 Å². The Labute approximate surface area is 181 Å². The summed E-state index contributed by atoms with van der Waals surface area (Å²) in [5, 5.41) is 2.76. The Morgan fingerprint density at radius 3 is 2.32 bits per heavy atom. The van der Waals surface area contributed by atoms with Crippen LogP contribution in [0.3, 0.4) is 0 Å². The highest BCUT2D eigenvalue weighted by Crippen LogP contribution is 2.17. The number of ether oxygens (including phenoxy) is 3. The lowest BCUT2D eigenvalue weighted by atomic mass is 10.2. The molecule has 7 nitrogen and oxygen atoms in total. The second-order valence-electron chi connectivity index (χ2n) is 6.85. The molecular weight excluding hydrogens is 396 g/mol. The Hall–Kier alpha value is -3.74. The third-order valence-corrected chi connectivity index (χ3v) is 4.51. The van der Waals surface area contributed by atoms with E-state index in [1.807, 2.05) is 37.3 Å². The molecule has 0 spiro atoms. The van der Waals surface area contributed by atoms with Gasteiger partial charge in [0.15, 0.2) is 12.4 Å². The lowest BCUT2D eigenvalue weighted by Crippen LogP contribution is -2.30. The van der Waals surface area contributed by atoms with Crippen molar-refractivity contribution in [1.82, 2.24) is 9.88 Å². The van der Waals surface area contributed by atoms with Gasteiger partial charge in [-0.3, -0.25) is 9.59 Å². The number of carbonyl (C=O) groups excluding carboxylic acids is 1. The Bertz CT molecular complexity index is 1050. The summed E-state index contributed by atoms with van der Waals surface area (Å²) >= 11 is 0. The van der Waals surface area contributed by atoms with Crippen LogP contribution in [-0.2, 0) is 25.0 Å². The normalized spacial score (nSPS) is 10.4. The molecule has 0 saturated carbocycles. The van der Waals surface area contributed by atoms with Crippen molar-refractivity contribution in [3.05, 3.63) is 88.3 Å². The van der Waals surface area contributed by atoms with E-state index in [2.05, 4.69) is 5.32 Å². The van der Waals surface area contributed by atoms with E-state index in [1.54, 1.807) is 42.1 Å². The molecule has 2 aromatic carbocycles. The molecule has 0 aliphatic heterocycles. The van der Waals surface area contributed by atoms with Gasteiger partial charge in [-0.15, -0.1) is 0 Å². The number of rotatable bonds is 10. The van der Waals surface area contributed by atoms with Crippen molar-refractivity contribution >= 4 is 5.91 Å². The Morgan fingerprint density at radius 2 is 1.65 bits per heavy atom. The fourth-order valence-corrected chi connectivity index (χ4v) is 2.85. The number of pyridine rings is 1. The number of hydrogen-bond acceptors (Lipinski definition) is 5. The summed E-state index contributed by atoms with van der Waals surface area (Å²) < 4.78 is 18.3. The van der Waals surface area contributed by atoms with Crippen LogP contribution in [0.1, 0.15) is 18.2 Å². The molecule has 31 heavy (non-hydrogen) atoms. The van der Waals surface area contributed by atoms with Gasteiger partial charge in [-0.25, -0.2) is 0 Å².